The van der Waals surface area contributed by atoms with Crippen LogP contribution < -0.4 is 5.56 Å². The number of H-pyrrole nitrogens is 1. The number of methoxy groups -OCH3 is 1. The molecule has 0 radical (unpaired) electrons. The molecular weight excluding hydrogens is 500 g/mol. The summed E-state index contributed by atoms with van der Waals surface area (Å²) < 4.78 is 7.01. The third kappa shape index (κ3) is 5.67. The number of fused-ring (bicyclic) bond motifs is 1. The highest BCUT2D eigenvalue weighted by Crippen LogP contribution is 2.31. The Balaban J connectivity index is 1.70. The third-order valence-electron chi connectivity index (χ3n) is 6.56. The quantitative estimate of drug-likeness (QED) is 0.277. The summed E-state index contributed by atoms with van der Waals surface area (Å²) in [5, 5.41) is 14.2. The van der Waals surface area contributed by atoms with Crippen molar-refractivity contribution in [3.8, 4) is 0 Å². The summed E-state index contributed by atoms with van der Waals surface area (Å²) in [6.45, 7) is 3.93. The van der Waals surface area contributed by atoms with Crippen molar-refractivity contribution >= 4 is 22.5 Å². The summed E-state index contributed by atoms with van der Waals surface area (Å²) in [6, 6.07) is 25.3. The van der Waals surface area contributed by atoms with Crippen molar-refractivity contribution in [1.29, 1.82) is 0 Å². The molecule has 38 heavy (non-hydrogen) atoms. The zero-order valence-electron chi connectivity index (χ0n) is 21.3. The van der Waals surface area contributed by atoms with Gasteiger partial charge in [0.2, 0.25) is 0 Å². The summed E-state index contributed by atoms with van der Waals surface area (Å²) >= 11 is 6.62. The predicted molar refractivity (Wildman–Crippen MR) is 148 cm³/mol. The molecule has 0 amide bonds. The van der Waals surface area contributed by atoms with Gasteiger partial charge in [0.05, 0.1) is 13.2 Å². The molecule has 2 aromatic heterocycles. The van der Waals surface area contributed by atoms with Crippen molar-refractivity contribution in [2.24, 2.45) is 0 Å². The maximum Gasteiger partial charge on any atom is 0.253 e. The number of nitrogens with zero attached hydrogens (tertiary/aromatic N) is 5. The van der Waals surface area contributed by atoms with E-state index in [2.05, 4.69) is 43.6 Å². The maximum absolute atomic E-state index is 13.6. The van der Waals surface area contributed by atoms with Gasteiger partial charge in [-0.25, -0.2) is 4.68 Å². The van der Waals surface area contributed by atoms with Crippen LogP contribution >= 0.6 is 11.6 Å². The van der Waals surface area contributed by atoms with Gasteiger partial charge in [0.1, 0.15) is 6.04 Å². The Labute approximate surface area is 225 Å². The Bertz CT molecular complexity index is 1580. The number of halogens is 1. The number of nitrogens with one attached hydrogen (secondary N) is 1. The number of pyridine rings is 1. The van der Waals surface area contributed by atoms with E-state index >= 15 is 0 Å². The topological polar surface area (TPSA) is 88.9 Å². The average molecular weight is 529 g/mol. The van der Waals surface area contributed by atoms with E-state index in [0.717, 1.165) is 27.6 Å². The van der Waals surface area contributed by atoms with Crippen LogP contribution in [0.3, 0.4) is 0 Å². The third-order valence-corrected chi connectivity index (χ3v) is 6.93. The first kappa shape index (κ1) is 25.8. The van der Waals surface area contributed by atoms with Crippen LogP contribution in [0.4, 0.5) is 0 Å². The summed E-state index contributed by atoms with van der Waals surface area (Å²) in [4.78, 5) is 18.9. The first-order valence-electron chi connectivity index (χ1n) is 12.4. The molecule has 9 heteroatoms. The van der Waals surface area contributed by atoms with Crippen molar-refractivity contribution in [2.45, 2.75) is 32.6 Å². The fourth-order valence-electron chi connectivity index (χ4n) is 4.69. The summed E-state index contributed by atoms with van der Waals surface area (Å²) in [6.07, 6.45) is 0. The first-order chi connectivity index (χ1) is 18.5. The summed E-state index contributed by atoms with van der Waals surface area (Å²) in [5.41, 5.74) is 4.29. The number of ether oxygens (including phenoxy) is 1. The minimum absolute atomic E-state index is 0.190. The average Bonchev–Trinajstić information content (AvgIpc) is 3.38. The summed E-state index contributed by atoms with van der Waals surface area (Å²) in [5.74, 6) is 0.558. The molecule has 2 heterocycles. The minimum Gasteiger partial charge on any atom is -0.383 e. The van der Waals surface area contributed by atoms with Crippen LogP contribution in [-0.2, 0) is 24.4 Å². The minimum atomic E-state index is -0.563. The normalized spacial score (nSPS) is 12.3. The molecule has 1 atom stereocenters. The zero-order valence-corrected chi connectivity index (χ0v) is 22.1. The highest BCUT2D eigenvalue weighted by Gasteiger charge is 2.31. The van der Waals surface area contributed by atoms with E-state index in [1.807, 2.05) is 67.6 Å². The molecule has 0 unspecified atom stereocenters. The highest BCUT2D eigenvalue weighted by atomic mass is 35.5. The maximum atomic E-state index is 13.6. The summed E-state index contributed by atoms with van der Waals surface area (Å²) in [7, 11) is 1.64. The highest BCUT2D eigenvalue weighted by molar-refractivity contribution is 6.31. The lowest BCUT2D eigenvalue weighted by Gasteiger charge is -2.31. The van der Waals surface area contributed by atoms with E-state index in [1.165, 1.54) is 0 Å². The van der Waals surface area contributed by atoms with Gasteiger partial charge >= 0.3 is 0 Å². The molecule has 5 rings (SSSR count). The Kier molecular flexibility index (Phi) is 7.93. The number of benzene rings is 3. The lowest BCUT2D eigenvalue weighted by molar-refractivity contribution is 0.169. The molecule has 194 valence electrons. The second kappa shape index (κ2) is 11.7. The van der Waals surface area contributed by atoms with Crippen molar-refractivity contribution in [2.75, 3.05) is 13.7 Å². The number of aromatic amines is 1. The van der Waals surface area contributed by atoms with E-state index in [-0.39, 0.29) is 5.56 Å². The lowest BCUT2D eigenvalue weighted by atomic mass is 10.0. The molecule has 0 aliphatic heterocycles. The number of aryl methyl sites for hydroxylation is 1. The van der Waals surface area contributed by atoms with Gasteiger partial charge in [0.15, 0.2) is 5.82 Å². The van der Waals surface area contributed by atoms with E-state index < -0.39 is 6.04 Å². The largest absolute Gasteiger partial charge is 0.383 e. The van der Waals surface area contributed by atoms with E-state index in [1.54, 1.807) is 11.8 Å². The van der Waals surface area contributed by atoms with Crippen LogP contribution in [0.25, 0.3) is 10.9 Å². The number of rotatable bonds is 10. The van der Waals surface area contributed by atoms with Crippen molar-refractivity contribution in [1.82, 2.24) is 30.1 Å². The Morgan fingerprint density at radius 3 is 2.61 bits per heavy atom. The van der Waals surface area contributed by atoms with Gasteiger partial charge in [-0.1, -0.05) is 71.8 Å². The van der Waals surface area contributed by atoms with Gasteiger partial charge < -0.3 is 9.72 Å². The van der Waals surface area contributed by atoms with Crippen LogP contribution in [0.1, 0.15) is 34.1 Å². The fourth-order valence-corrected chi connectivity index (χ4v) is 4.89. The molecule has 0 aliphatic carbocycles. The van der Waals surface area contributed by atoms with Crippen molar-refractivity contribution in [3.05, 3.63) is 122 Å². The molecule has 5 aromatic rings. The van der Waals surface area contributed by atoms with Crippen LogP contribution in [0.5, 0.6) is 0 Å². The number of aromatic nitrogens is 5. The number of hydrogen-bond acceptors (Lipinski definition) is 6. The zero-order chi connectivity index (χ0) is 26.5. The molecule has 0 bridgehead atoms. The molecule has 3 aromatic carbocycles. The van der Waals surface area contributed by atoms with Gasteiger partial charge in [0, 0.05) is 36.3 Å². The predicted octanol–water partition coefficient (Wildman–Crippen LogP) is 4.91. The van der Waals surface area contributed by atoms with Gasteiger partial charge in [-0.15, -0.1) is 5.10 Å². The lowest BCUT2D eigenvalue weighted by Crippen LogP contribution is -2.35. The van der Waals surface area contributed by atoms with Crippen LogP contribution in [-0.4, -0.2) is 43.8 Å². The molecule has 1 N–H and O–H groups in total. The van der Waals surface area contributed by atoms with Crippen LogP contribution in [0.15, 0.2) is 83.7 Å². The first-order valence-corrected chi connectivity index (χ1v) is 12.8. The Hall–Kier alpha value is -3.85. The SMILES string of the molecule is COCCn1nnnc1[C@@H](c1cc2cc(C)ccc2[nH]c1=O)N(Cc1ccccc1)Cc1ccccc1Cl. The van der Waals surface area contributed by atoms with E-state index in [9.17, 15) is 4.79 Å². The molecule has 0 aliphatic rings. The number of hydrogen-bond donors (Lipinski definition) is 1. The molecular formula is C29H29ClN6O2. The van der Waals surface area contributed by atoms with Crippen LogP contribution in [0, 0.1) is 6.92 Å². The van der Waals surface area contributed by atoms with Crippen LogP contribution in [0.2, 0.25) is 5.02 Å². The fraction of sp³-hybridized carbons (Fsp3) is 0.241. The van der Waals surface area contributed by atoms with Gasteiger partial charge in [-0.05, 0) is 58.1 Å². The second-order valence-electron chi connectivity index (χ2n) is 9.28. The second-order valence-corrected chi connectivity index (χ2v) is 9.69. The molecule has 0 saturated carbocycles. The Morgan fingerprint density at radius 1 is 1.03 bits per heavy atom. The van der Waals surface area contributed by atoms with Crippen molar-refractivity contribution < 1.29 is 4.74 Å². The van der Waals surface area contributed by atoms with E-state index in [0.29, 0.717) is 42.7 Å². The van der Waals surface area contributed by atoms with E-state index in [4.69, 9.17) is 16.3 Å². The standard InChI is InChI=1S/C29H29ClN6O2/c1-20-12-13-26-23(16-20)17-24(29(37)31-26)27(28-32-33-34-36(28)14-15-38-2)35(18-21-8-4-3-5-9-21)19-22-10-6-7-11-25(22)30/h3-13,16-17,27H,14-15,18-19H2,1-2H3,(H,31,37)/t27-/m1/s1. The van der Waals surface area contributed by atoms with Gasteiger partial charge in [-0.3, -0.25) is 9.69 Å². The number of tetrazole rings is 1. The molecule has 8 nitrogen and oxygen atoms in total. The molecule has 0 fully saturated rings. The van der Waals surface area contributed by atoms with Gasteiger partial charge in [-0.2, -0.15) is 0 Å². The molecule has 0 saturated heterocycles. The molecule has 0 spiro atoms. The monoisotopic (exact) mass is 528 g/mol. The Morgan fingerprint density at radius 2 is 1.82 bits per heavy atom. The van der Waals surface area contributed by atoms with Gasteiger partial charge in [0.25, 0.3) is 5.56 Å². The smallest absolute Gasteiger partial charge is 0.253 e. The van der Waals surface area contributed by atoms with Crippen molar-refractivity contribution in [3.63, 3.8) is 0 Å².